The van der Waals surface area contributed by atoms with Gasteiger partial charge in [-0.05, 0) is 38.5 Å². The van der Waals surface area contributed by atoms with Crippen molar-refractivity contribution >= 4 is 5.91 Å². The van der Waals surface area contributed by atoms with Crippen LogP contribution in [0.25, 0.3) is 0 Å². The molecule has 1 aliphatic heterocycles. The fourth-order valence-corrected chi connectivity index (χ4v) is 3.18. The SMILES string of the molecule is CC[C@H](Oc1ccccc1)C(=O)N[C@H]1CC(C)(C)Oc2ccccc21. The van der Waals surface area contributed by atoms with Gasteiger partial charge in [-0.3, -0.25) is 4.79 Å². The summed E-state index contributed by atoms with van der Waals surface area (Å²) in [5.41, 5.74) is 0.693. The molecule has 3 rings (SSSR count). The molecule has 2 aromatic carbocycles. The summed E-state index contributed by atoms with van der Waals surface area (Å²) in [4.78, 5) is 12.8. The predicted octanol–water partition coefficient (Wildman–Crippen LogP) is 4.26. The first-order valence-corrected chi connectivity index (χ1v) is 8.78. The van der Waals surface area contributed by atoms with Crippen molar-refractivity contribution in [1.82, 2.24) is 5.32 Å². The highest BCUT2D eigenvalue weighted by Gasteiger charge is 2.35. The Hall–Kier alpha value is -2.49. The highest BCUT2D eigenvalue weighted by Crippen LogP contribution is 2.39. The van der Waals surface area contributed by atoms with Crippen LogP contribution in [0.2, 0.25) is 0 Å². The molecule has 2 aromatic rings. The Balaban J connectivity index is 1.75. The number of ether oxygens (including phenoxy) is 2. The minimum Gasteiger partial charge on any atom is -0.487 e. The first-order chi connectivity index (χ1) is 12.0. The number of nitrogens with one attached hydrogen (secondary N) is 1. The number of hydrogen-bond donors (Lipinski definition) is 1. The van der Waals surface area contributed by atoms with E-state index >= 15 is 0 Å². The standard InChI is InChI=1S/C21H25NO3/c1-4-18(24-15-10-6-5-7-11-15)20(23)22-17-14-21(2,3)25-19-13-9-8-12-16(17)19/h5-13,17-18H,4,14H2,1-3H3,(H,22,23)/t17-,18-/m0/s1. The topological polar surface area (TPSA) is 47.6 Å². The summed E-state index contributed by atoms with van der Waals surface area (Å²) in [6.07, 6.45) is 0.812. The molecule has 0 saturated heterocycles. The molecule has 1 amide bonds. The molecule has 0 aliphatic carbocycles. The van der Waals surface area contributed by atoms with Crippen LogP contribution in [0.5, 0.6) is 11.5 Å². The Labute approximate surface area is 149 Å². The number of benzene rings is 2. The molecule has 0 spiro atoms. The van der Waals surface area contributed by atoms with Crippen LogP contribution in [-0.4, -0.2) is 17.6 Å². The van der Waals surface area contributed by atoms with Crippen LogP contribution in [0.1, 0.15) is 45.2 Å². The van der Waals surface area contributed by atoms with Crippen molar-refractivity contribution in [2.45, 2.75) is 51.4 Å². The number of amides is 1. The van der Waals surface area contributed by atoms with Crippen molar-refractivity contribution in [3.63, 3.8) is 0 Å². The highest BCUT2D eigenvalue weighted by molar-refractivity contribution is 5.81. The third-order valence-corrected chi connectivity index (χ3v) is 4.38. The molecule has 1 N–H and O–H groups in total. The average molecular weight is 339 g/mol. The largest absolute Gasteiger partial charge is 0.487 e. The molecule has 0 saturated carbocycles. The summed E-state index contributed by atoms with van der Waals surface area (Å²) in [7, 11) is 0. The van der Waals surface area contributed by atoms with Crippen molar-refractivity contribution in [1.29, 1.82) is 0 Å². The van der Waals surface area contributed by atoms with E-state index in [1.54, 1.807) is 0 Å². The molecule has 25 heavy (non-hydrogen) atoms. The van der Waals surface area contributed by atoms with Gasteiger partial charge in [-0.25, -0.2) is 0 Å². The molecule has 132 valence electrons. The molecule has 0 fully saturated rings. The van der Waals surface area contributed by atoms with Crippen molar-refractivity contribution in [2.75, 3.05) is 0 Å². The van der Waals surface area contributed by atoms with Gasteiger partial charge in [-0.2, -0.15) is 0 Å². The third-order valence-electron chi connectivity index (χ3n) is 4.38. The van der Waals surface area contributed by atoms with E-state index in [9.17, 15) is 4.79 Å². The van der Waals surface area contributed by atoms with E-state index in [0.717, 1.165) is 17.7 Å². The molecule has 0 unspecified atom stereocenters. The maximum atomic E-state index is 12.8. The van der Waals surface area contributed by atoms with E-state index in [2.05, 4.69) is 5.32 Å². The lowest BCUT2D eigenvalue weighted by Gasteiger charge is -2.38. The number of carbonyl (C=O) groups excluding carboxylic acids is 1. The molecule has 1 aliphatic rings. The number of fused-ring (bicyclic) bond motifs is 1. The second kappa shape index (κ2) is 7.18. The minimum absolute atomic E-state index is 0.0825. The van der Waals surface area contributed by atoms with Crippen LogP contribution in [-0.2, 0) is 4.79 Å². The zero-order valence-corrected chi connectivity index (χ0v) is 15.0. The van der Waals surface area contributed by atoms with Crippen LogP contribution in [0.15, 0.2) is 54.6 Å². The predicted molar refractivity (Wildman–Crippen MR) is 97.8 cm³/mol. The van der Waals surface area contributed by atoms with Crippen LogP contribution in [0, 0.1) is 0 Å². The lowest BCUT2D eigenvalue weighted by molar-refractivity contribution is -0.129. The van der Waals surface area contributed by atoms with Gasteiger partial charge in [0.25, 0.3) is 5.91 Å². The summed E-state index contributed by atoms with van der Waals surface area (Å²) < 4.78 is 11.9. The molecule has 1 heterocycles. The van der Waals surface area contributed by atoms with Crippen molar-refractivity contribution < 1.29 is 14.3 Å². The van der Waals surface area contributed by atoms with Crippen molar-refractivity contribution in [3.05, 3.63) is 60.2 Å². The Kier molecular flexibility index (Phi) is 4.98. The smallest absolute Gasteiger partial charge is 0.261 e. The zero-order chi connectivity index (χ0) is 17.9. The monoisotopic (exact) mass is 339 g/mol. The van der Waals surface area contributed by atoms with E-state index in [1.807, 2.05) is 75.4 Å². The molecular weight excluding hydrogens is 314 g/mol. The van der Waals surface area contributed by atoms with Crippen molar-refractivity contribution in [3.8, 4) is 11.5 Å². The Morgan fingerprint density at radius 3 is 2.60 bits per heavy atom. The van der Waals surface area contributed by atoms with E-state index in [-0.39, 0.29) is 17.6 Å². The van der Waals surface area contributed by atoms with Gasteiger partial charge in [-0.15, -0.1) is 0 Å². The normalized spacial score (nSPS) is 19.2. The summed E-state index contributed by atoms with van der Waals surface area (Å²) in [6.45, 7) is 6.04. The van der Waals surface area contributed by atoms with Crippen LogP contribution < -0.4 is 14.8 Å². The first kappa shape index (κ1) is 17.3. The molecule has 4 heteroatoms. The summed E-state index contributed by atoms with van der Waals surface area (Å²) in [6, 6.07) is 17.3. The lowest BCUT2D eigenvalue weighted by Crippen LogP contribution is -2.45. The van der Waals surface area contributed by atoms with Crippen LogP contribution in [0.3, 0.4) is 0 Å². The summed E-state index contributed by atoms with van der Waals surface area (Å²) in [5.74, 6) is 1.45. The van der Waals surface area contributed by atoms with Gasteiger partial charge in [0.2, 0.25) is 0 Å². The minimum atomic E-state index is -0.513. The average Bonchev–Trinajstić information content (AvgIpc) is 2.59. The fraction of sp³-hybridized carbons (Fsp3) is 0.381. The van der Waals surface area contributed by atoms with E-state index in [1.165, 1.54) is 0 Å². The molecule has 0 radical (unpaired) electrons. The van der Waals surface area contributed by atoms with E-state index in [0.29, 0.717) is 12.2 Å². The van der Waals surface area contributed by atoms with Gasteiger partial charge < -0.3 is 14.8 Å². The molecular formula is C21H25NO3. The number of rotatable bonds is 5. The third kappa shape index (κ3) is 4.13. The molecule has 0 aromatic heterocycles. The molecule has 0 bridgehead atoms. The van der Waals surface area contributed by atoms with Crippen LogP contribution in [0.4, 0.5) is 0 Å². The number of hydrogen-bond acceptors (Lipinski definition) is 3. The number of carbonyl (C=O) groups is 1. The quantitative estimate of drug-likeness (QED) is 0.885. The second-order valence-corrected chi connectivity index (χ2v) is 6.99. The first-order valence-electron chi connectivity index (χ1n) is 8.78. The van der Waals surface area contributed by atoms with Crippen LogP contribution >= 0.6 is 0 Å². The maximum absolute atomic E-state index is 12.8. The Morgan fingerprint density at radius 2 is 1.88 bits per heavy atom. The van der Waals surface area contributed by atoms with Gasteiger partial charge in [0.1, 0.15) is 17.1 Å². The summed E-state index contributed by atoms with van der Waals surface area (Å²) in [5, 5.41) is 3.16. The van der Waals surface area contributed by atoms with E-state index < -0.39 is 6.10 Å². The van der Waals surface area contributed by atoms with Gasteiger partial charge >= 0.3 is 0 Å². The van der Waals surface area contributed by atoms with Gasteiger partial charge in [0.05, 0.1) is 6.04 Å². The highest BCUT2D eigenvalue weighted by atomic mass is 16.5. The maximum Gasteiger partial charge on any atom is 0.261 e. The fourth-order valence-electron chi connectivity index (χ4n) is 3.18. The Bertz CT molecular complexity index is 727. The van der Waals surface area contributed by atoms with Gasteiger partial charge in [0, 0.05) is 12.0 Å². The Morgan fingerprint density at radius 1 is 1.20 bits per heavy atom. The molecule has 2 atom stereocenters. The van der Waals surface area contributed by atoms with Crippen molar-refractivity contribution in [2.24, 2.45) is 0 Å². The van der Waals surface area contributed by atoms with Gasteiger partial charge in [0.15, 0.2) is 6.10 Å². The molecule has 4 nitrogen and oxygen atoms in total. The number of para-hydroxylation sites is 2. The zero-order valence-electron chi connectivity index (χ0n) is 15.0. The van der Waals surface area contributed by atoms with E-state index in [4.69, 9.17) is 9.47 Å². The lowest BCUT2D eigenvalue weighted by atomic mass is 9.89. The second-order valence-electron chi connectivity index (χ2n) is 6.99. The summed E-state index contributed by atoms with van der Waals surface area (Å²) >= 11 is 0. The van der Waals surface area contributed by atoms with Gasteiger partial charge in [-0.1, -0.05) is 43.3 Å².